The molecule has 4 aromatic rings. The molecule has 1 aliphatic heterocycles. The molecule has 0 spiro atoms. The number of carbonyl (C=O) groups excluding carboxylic acids is 4. The highest BCUT2D eigenvalue weighted by Crippen LogP contribution is 2.33. The third kappa shape index (κ3) is 7.54. The molecule has 0 aliphatic carbocycles. The molecule has 4 N–H and O–H groups in total. The molecule has 15 heteroatoms. The van der Waals surface area contributed by atoms with Crippen molar-refractivity contribution < 1.29 is 32.3 Å². The van der Waals surface area contributed by atoms with Gasteiger partial charge in [-0.25, -0.2) is 18.0 Å². The summed E-state index contributed by atoms with van der Waals surface area (Å²) in [4.78, 5) is 53.8. The molecule has 5 rings (SSSR count). The first-order chi connectivity index (χ1) is 22.7. The number of rotatable bonds is 9. The summed E-state index contributed by atoms with van der Waals surface area (Å²) in [5.74, 6) is -5.74. The van der Waals surface area contributed by atoms with Crippen LogP contribution in [0.5, 0.6) is 0 Å². The van der Waals surface area contributed by atoms with E-state index in [9.17, 15) is 28.0 Å². The van der Waals surface area contributed by atoms with Gasteiger partial charge in [-0.05, 0) is 50.6 Å². The van der Waals surface area contributed by atoms with Gasteiger partial charge in [0.15, 0.2) is 11.5 Å². The lowest BCUT2D eigenvalue weighted by atomic mass is 10.0. The van der Waals surface area contributed by atoms with E-state index < -0.39 is 54.6 Å². The average molecular weight is 684 g/mol. The number of amides is 5. The summed E-state index contributed by atoms with van der Waals surface area (Å²) in [6.45, 7) is 2.06. The zero-order valence-electron chi connectivity index (χ0n) is 26.1. The Hall–Kier alpha value is -5.11. The van der Waals surface area contributed by atoms with E-state index in [1.165, 1.54) is 39.9 Å². The minimum Gasteiger partial charge on any atom is -0.364 e. The quantitative estimate of drug-likeness (QED) is 0.207. The van der Waals surface area contributed by atoms with Crippen molar-refractivity contribution >= 4 is 57.6 Å². The third-order valence-corrected chi connectivity index (χ3v) is 8.22. The second-order valence-corrected chi connectivity index (χ2v) is 12.1. The number of aromatic nitrogens is 2. The molecule has 0 unspecified atom stereocenters. The molecule has 1 aromatic heterocycles. The Morgan fingerprint density at radius 2 is 1.77 bits per heavy atom. The normalized spacial score (nSPS) is 14.2. The molecular weight excluding hydrogens is 651 g/mol. The summed E-state index contributed by atoms with van der Waals surface area (Å²) in [5.41, 5.74) is 6.47. The molecule has 0 bridgehead atoms. The van der Waals surface area contributed by atoms with Crippen LogP contribution in [0, 0.1) is 5.82 Å². The van der Waals surface area contributed by atoms with Gasteiger partial charge in [-0.1, -0.05) is 41.9 Å². The van der Waals surface area contributed by atoms with Gasteiger partial charge < -0.3 is 26.2 Å². The van der Waals surface area contributed by atoms with Crippen molar-refractivity contribution in [1.29, 1.82) is 0 Å². The Kier molecular flexibility index (Phi) is 9.94. The van der Waals surface area contributed by atoms with Crippen LogP contribution in [0.25, 0.3) is 22.0 Å². The third-order valence-electron chi connectivity index (χ3n) is 7.89. The number of nitrogens with one attached hydrogen (secondary N) is 2. The lowest BCUT2D eigenvalue weighted by molar-refractivity contribution is -0.137. The first-order valence-corrected chi connectivity index (χ1v) is 15.5. The monoisotopic (exact) mass is 683 g/mol. The highest BCUT2D eigenvalue weighted by atomic mass is 35.5. The predicted molar refractivity (Wildman–Crippen MR) is 175 cm³/mol. The fourth-order valence-electron chi connectivity index (χ4n) is 5.54. The molecule has 1 aliphatic rings. The van der Waals surface area contributed by atoms with Crippen LogP contribution >= 0.6 is 11.6 Å². The number of nitrogens with zero attached hydrogens (tertiary/aromatic N) is 4. The second kappa shape index (κ2) is 13.9. The van der Waals surface area contributed by atoms with Gasteiger partial charge in [0.25, 0.3) is 11.8 Å². The summed E-state index contributed by atoms with van der Waals surface area (Å²) in [5, 5.41) is 9.87. The molecule has 11 nitrogen and oxygen atoms in total. The lowest BCUT2D eigenvalue weighted by Crippen LogP contribution is -2.47. The number of anilines is 2. The number of alkyl halides is 2. The maximum atomic E-state index is 15.4. The largest absolute Gasteiger partial charge is 0.364 e. The molecule has 2 heterocycles. The summed E-state index contributed by atoms with van der Waals surface area (Å²) in [6.07, 6.45) is -0.132. The Balaban J connectivity index is 1.31. The van der Waals surface area contributed by atoms with Crippen LogP contribution in [-0.4, -0.2) is 74.9 Å². The molecule has 48 heavy (non-hydrogen) atoms. The van der Waals surface area contributed by atoms with Gasteiger partial charge in [0.1, 0.15) is 13.1 Å². The van der Waals surface area contributed by atoms with Gasteiger partial charge in [-0.15, -0.1) is 0 Å². The van der Waals surface area contributed by atoms with Gasteiger partial charge in [0.2, 0.25) is 11.8 Å². The van der Waals surface area contributed by atoms with E-state index >= 15 is 4.39 Å². The Bertz CT molecular complexity index is 1900. The van der Waals surface area contributed by atoms with E-state index in [0.717, 1.165) is 4.90 Å². The molecule has 252 valence electrons. The van der Waals surface area contributed by atoms with Crippen molar-refractivity contribution in [1.82, 2.24) is 19.6 Å². The van der Waals surface area contributed by atoms with E-state index in [0.29, 0.717) is 16.1 Å². The molecule has 0 radical (unpaired) electrons. The van der Waals surface area contributed by atoms with Gasteiger partial charge in [-0.2, -0.15) is 5.10 Å². The Morgan fingerprint density at radius 1 is 1.04 bits per heavy atom. The topological polar surface area (TPSA) is 143 Å². The van der Waals surface area contributed by atoms with Crippen LogP contribution in [-0.2, 0) is 16.1 Å². The molecule has 5 amide bonds. The Morgan fingerprint density at radius 3 is 2.46 bits per heavy atom. The van der Waals surface area contributed by atoms with Crippen LogP contribution < -0.4 is 16.4 Å². The summed E-state index contributed by atoms with van der Waals surface area (Å²) in [7, 11) is 0. The van der Waals surface area contributed by atoms with E-state index in [1.807, 2.05) is 0 Å². The van der Waals surface area contributed by atoms with E-state index in [1.54, 1.807) is 44.2 Å². The van der Waals surface area contributed by atoms with Gasteiger partial charge in [0.05, 0.1) is 17.7 Å². The van der Waals surface area contributed by atoms with Crippen LogP contribution in [0.3, 0.4) is 0 Å². The number of halogens is 4. The van der Waals surface area contributed by atoms with E-state index in [2.05, 4.69) is 15.7 Å². The number of primary amides is 1. The summed E-state index contributed by atoms with van der Waals surface area (Å²) < 4.78 is 44.3. The maximum absolute atomic E-state index is 15.4. The number of hydrogen-bond acceptors (Lipinski definition) is 5. The number of fused-ring (bicyclic) bond motifs is 1. The number of benzene rings is 3. The number of piperidine rings is 1. The zero-order chi connectivity index (χ0) is 34.7. The number of likely N-dealkylation sites (tertiary alicyclic amines) is 1. The smallest absolute Gasteiger partial charge is 0.322 e. The van der Waals surface area contributed by atoms with Crippen LogP contribution in [0.2, 0.25) is 5.02 Å². The van der Waals surface area contributed by atoms with E-state index in [-0.39, 0.29) is 53.9 Å². The zero-order valence-corrected chi connectivity index (χ0v) is 26.9. The molecule has 1 fully saturated rings. The molecular formula is C33H33ClF3N7O4. The second-order valence-electron chi connectivity index (χ2n) is 11.7. The molecule has 3 aromatic carbocycles. The number of urea groups is 1. The highest BCUT2D eigenvalue weighted by molar-refractivity contribution is 6.33. The minimum atomic E-state index is -2.98. The summed E-state index contributed by atoms with van der Waals surface area (Å²) in [6, 6.07) is 14.5. The molecule has 0 saturated carbocycles. The highest BCUT2D eigenvalue weighted by Gasteiger charge is 2.37. The minimum absolute atomic E-state index is 0.0883. The van der Waals surface area contributed by atoms with Crippen molar-refractivity contribution in [2.45, 2.75) is 45.2 Å². The van der Waals surface area contributed by atoms with Gasteiger partial charge in [-0.3, -0.25) is 19.1 Å². The van der Waals surface area contributed by atoms with Crippen molar-refractivity contribution in [2.75, 3.05) is 30.3 Å². The van der Waals surface area contributed by atoms with Crippen molar-refractivity contribution in [2.24, 2.45) is 5.73 Å². The number of hydrogen-bond donors (Lipinski definition) is 3. The van der Waals surface area contributed by atoms with Crippen LogP contribution in [0.4, 0.5) is 29.3 Å². The predicted octanol–water partition coefficient (Wildman–Crippen LogP) is 5.73. The number of carbonyl (C=O) groups is 4. The van der Waals surface area contributed by atoms with Gasteiger partial charge >= 0.3 is 6.03 Å². The average Bonchev–Trinajstić information content (AvgIpc) is 3.38. The van der Waals surface area contributed by atoms with Gasteiger partial charge in [0, 0.05) is 46.2 Å². The fourth-order valence-corrected chi connectivity index (χ4v) is 5.78. The number of nitrogens with two attached hydrogens (primary N) is 1. The maximum Gasteiger partial charge on any atom is 0.322 e. The SMILES string of the molecule is CC(C)N(CC(=O)Nc1cccc(-c2ccccc2Cl)c1F)C(=O)Cn1nc(C(N)=O)c2cc(NC(=O)N3CCCC(F)(F)C3)ccc21. The first-order valence-electron chi connectivity index (χ1n) is 15.1. The van der Waals surface area contributed by atoms with Crippen molar-refractivity contribution in [3.05, 3.63) is 77.2 Å². The standard InChI is InChI=1S/C33H33ClF3N7O4/c1-19(2)43(16-27(45)40-25-10-5-8-22(29(25)35)21-7-3-4-9-24(21)34)28(46)17-44-26-12-11-20(15-23(26)30(41-44)31(38)47)39-32(48)42-14-6-13-33(36,37)18-42/h3-5,7-12,15,19H,6,13-14,16-18H2,1-2H3,(H2,38,47)(H,39,48)(H,40,45). The van der Waals surface area contributed by atoms with Crippen molar-refractivity contribution in [3.63, 3.8) is 0 Å². The van der Waals surface area contributed by atoms with Crippen LogP contribution in [0.1, 0.15) is 37.2 Å². The molecule has 0 atom stereocenters. The lowest BCUT2D eigenvalue weighted by Gasteiger charge is -2.32. The van der Waals surface area contributed by atoms with Crippen molar-refractivity contribution in [3.8, 4) is 11.1 Å². The first kappa shape index (κ1) is 34.2. The Labute approximate surface area is 278 Å². The summed E-state index contributed by atoms with van der Waals surface area (Å²) >= 11 is 6.24. The molecule has 1 saturated heterocycles. The fraction of sp³-hybridized carbons (Fsp3) is 0.303. The van der Waals surface area contributed by atoms with E-state index in [4.69, 9.17) is 17.3 Å². The van der Waals surface area contributed by atoms with Crippen LogP contribution in [0.15, 0.2) is 60.7 Å².